The smallest absolute Gasteiger partial charge is 0.327 e. The van der Waals surface area contributed by atoms with E-state index in [4.69, 9.17) is 4.74 Å². The lowest BCUT2D eigenvalue weighted by Gasteiger charge is -2.32. The zero-order valence-electron chi connectivity index (χ0n) is 13.7. The van der Waals surface area contributed by atoms with Gasteiger partial charge >= 0.3 is 5.97 Å². The van der Waals surface area contributed by atoms with Crippen molar-refractivity contribution < 1.29 is 9.53 Å². The number of likely N-dealkylation sites (N-methyl/N-ethyl adjacent to an activating group) is 2. The fourth-order valence-corrected chi connectivity index (χ4v) is 2.46. The van der Waals surface area contributed by atoms with Crippen LogP contribution >= 0.6 is 0 Å². The Morgan fingerprint density at radius 1 is 1.29 bits per heavy atom. The highest BCUT2D eigenvalue weighted by Gasteiger charge is 2.34. The minimum Gasteiger partial charge on any atom is -0.465 e. The maximum absolute atomic E-state index is 12.2. The maximum atomic E-state index is 12.2. The summed E-state index contributed by atoms with van der Waals surface area (Å²) in [5, 5.41) is 3.26. The molecule has 0 saturated heterocycles. The van der Waals surface area contributed by atoms with Crippen LogP contribution in [0.1, 0.15) is 26.3 Å². The Hall–Kier alpha value is -1.39. The van der Waals surface area contributed by atoms with E-state index in [9.17, 15) is 4.79 Å². The first-order chi connectivity index (χ1) is 10.0. The topological polar surface area (TPSA) is 41.6 Å². The van der Waals surface area contributed by atoms with Crippen molar-refractivity contribution in [1.82, 2.24) is 10.2 Å². The normalized spacial score (nSPS) is 14.0. The molecule has 1 unspecified atom stereocenters. The summed E-state index contributed by atoms with van der Waals surface area (Å²) in [4.78, 5) is 14.3. The van der Waals surface area contributed by atoms with Crippen molar-refractivity contribution in [3.63, 3.8) is 0 Å². The molecule has 0 fully saturated rings. The number of ether oxygens (including phenoxy) is 1. The van der Waals surface area contributed by atoms with Gasteiger partial charge in [0.25, 0.3) is 0 Å². The van der Waals surface area contributed by atoms with E-state index in [1.807, 2.05) is 33.9 Å². The number of hydrogen-bond acceptors (Lipinski definition) is 4. The first-order valence-corrected chi connectivity index (χ1v) is 7.66. The minimum atomic E-state index is -0.657. The van der Waals surface area contributed by atoms with E-state index in [1.165, 1.54) is 5.56 Å². The molecule has 118 valence electrons. The first kappa shape index (κ1) is 17.7. The Labute approximate surface area is 128 Å². The Bertz CT molecular complexity index is 422. The van der Waals surface area contributed by atoms with Gasteiger partial charge in [0.2, 0.25) is 0 Å². The van der Waals surface area contributed by atoms with Gasteiger partial charge in [0, 0.05) is 13.1 Å². The Morgan fingerprint density at radius 3 is 2.52 bits per heavy atom. The van der Waals surface area contributed by atoms with Gasteiger partial charge in [-0.05, 0) is 39.4 Å². The number of nitrogens with one attached hydrogen (secondary N) is 1. The molecule has 1 rings (SSSR count). The molecule has 0 aromatic heterocycles. The zero-order chi connectivity index (χ0) is 15.7. The van der Waals surface area contributed by atoms with Crippen molar-refractivity contribution in [2.75, 3.05) is 33.3 Å². The highest BCUT2D eigenvalue weighted by Crippen LogP contribution is 2.10. The van der Waals surface area contributed by atoms with Crippen LogP contribution in [0.3, 0.4) is 0 Å². The molecule has 1 aromatic carbocycles. The van der Waals surface area contributed by atoms with E-state index in [-0.39, 0.29) is 5.97 Å². The van der Waals surface area contributed by atoms with E-state index in [1.54, 1.807) is 0 Å². The summed E-state index contributed by atoms with van der Waals surface area (Å²) in [6.45, 7) is 8.44. The largest absolute Gasteiger partial charge is 0.465 e. The zero-order valence-corrected chi connectivity index (χ0v) is 13.7. The highest BCUT2D eigenvalue weighted by atomic mass is 16.5. The number of rotatable bonds is 9. The van der Waals surface area contributed by atoms with Crippen LogP contribution < -0.4 is 5.32 Å². The second kappa shape index (κ2) is 8.80. The molecule has 4 nitrogen and oxygen atoms in total. The van der Waals surface area contributed by atoms with E-state index in [0.29, 0.717) is 13.2 Å². The van der Waals surface area contributed by atoms with Crippen LogP contribution in [0.5, 0.6) is 0 Å². The van der Waals surface area contributed by atoms with Crippen molar-refractivity contribution in [2.24, 2.45) is 0 Å². The van der Waals surface area contributed by atoms with Crippen LogP contribution in [0, 0.1) is 0 Å². The molecule has 0 saturated carbocycles. The van der Waals surface area contributed by atoms with Crippen LogP contribution in [0.4, 0.5) is 0 Å². The average Bonchev–Trinajstić information content (AvgIpc) is 2.46. The molecule has 0 aliphatic carbocycles. The van der Waals surface area contributed by atoms with Crippen molar-refractivity contribution >= 4 is 5.97 Å². The quantitative estimate of drug-likeness (QED) is 0.708. The average molecular weight is 292 g/mol. The van der Waals surface area contributed by atoms with E-state index < -0.39 is 5.54 Å². The van der Waals surface area contributed by atoms with Gasteiger partial charge in [-0.15, -0.1) is 0 Å². The van der Waals surface area contributed by atoms with E-state index >= 15 is 0 Å². The molecule has 4 heteroatoms. The van der Waals surface area contributed by atoms with Gasteiger partial charge in [-0.25, -0.2) is 0 Å². The molecule has 1 N–H and O–H groups in total. The molecule has 0 aliphatic heterocycles. The Morgan fingerprint density at radius 2 is 1.95 bits per heavy atom. The van der Waals surface area contributed by atoms with Crippen LogP contribution in [0.25, 0.3) is 0 Å². The van der Waals surface area contributed by atoms with Gasteiger partial charge in [-0.3, -0.25) is 4.79 Å². The maximum Gasteiger partial charge on any atom is 0.327 e. The van der Waals surface area contributed by atoms with Gasteiger partial charge in [0.05, 0.1) is 6.61 Å². The van der Waals surface area contributed by atoms with E-state index in [2.05, 4.69) is 34.5 Å². The second-order valence-electron chi connectivity index (χ2n) is 5.56. The molecule has 0 heterocycles. The Kier molecular flexibility index (Phi) is 7.40. The third-order valence-electron chi connectivity index (χ3n) is 3.50. The minimum absolute atomic E-state index is 0.182. The molecule has 21 heavy (non-hydrogen) atoms. The number of esters is 1. The molecular formula is C17H28N2O2. The van der Waals surface area contributed by atoms with Crippen molar-refractivity contribution in [2.45, 2.75) is 32.7 Å². The van der Waals surface area contributed by atoms with Crippen LogP contribution in [0.2, 0.25) is 0 Å². The van der Waals surface area contributed by atoms with Gasteiger partial charge < -0.3 is 15.0 Å². The molecular weight excluding hydrogens is 264 g/mol. The van der Waals surface area contributed by atoms with Gasteiger partial charge in [0.1, 0.15) is 5.54 Å². The van der Waals surface area contributed by atoms with Crippen LogP contribution in [-0.4, -0.2) is 49.7 Å². The molecule has 0 spiro atoms. The number of nitrogens with zero attached hydrogens (tertiary/aromatic N) is 1. The summed E-state index contributed by atoms with van der Waals surface area (Å²) in [7, 11) is 2.04. The molecule has 1 atom stereocenters. The number of hydrogen-bond donors (Lipinski definition) is 1. The highest BCUT2D eigenvalue weighted by molar-refractivity contribution is 5.80. The summed E-state index contributed by atoms with van der Waals surface area (Å²) in [5.74, 6) is -0.182. The molecule has 0 aliphatic rings. The summed E-state index contributed by atoms with van der Waals surface area (Å²) in [5.41, 5.74) is 0.654. The fraction of sp³-hybridized carbons (Fsp3) is 0.588. The van der Waals surface area contributed by atoms with Crippen molar-refractivity contribution in [1.29, 1.82) is 0 Å². The standard InChI is InChI=1S/C17H28N2O2/c1-5-18-17(3,16(20)21-6-2)14-19(4)13-12-15-10-8-7-9-11-15/h7-11,18H,5-6,12-14H2,1-4H3. The fourth-order valence-electron chi connectivity index (χ4n) is 2.46. The third-order valence-corrected chi connectivity index (χ3v) is 3.50. The molecule has 0 amide bonds. The predicted octanol–water partition coefficient (Wildman–Crippen LogP) is 2.09. The Balaban J connectivity index is 2.55. The summed E-state index contributed by atoms with van der Waals surface area (Å²) in [6, 6.07) is 10.4. The molecule has 0 bridgehead atoms. The van der Waals surface area contributed by atoms with Crippen molar-refractivity contribution in [3.8, 4) is 0 Å². The second-order valence-corrected chi connectivity index (χ2v) is 5.56. The summed E-state index contributed by atoms with van der Waals surface area (Å²) in [6.07, 6.45) is 0.975. The molecule has 0 radical (unpaired) electrons. The van der Waals surface area contributed by atoms with Gasteiger partial charge in [-0.2, -0.15) is 0 Å². The lowest BCUT2D eigenvalue weighted by atomic mass is 10.0. The SMILES string of the molecule is CCNC(C)(CN(C)CCc1ccccc1)C(=O)OCC. The van der Waals surface area contributed by atoms with Gasteiger partial charge in [-0.1, -0.05) is 37.3 Å². The van der Waals surface area contributed by atoms with Crippen molar-refractivity contribution in [3.05, 3.63) is 35.9 Å². The third kappa shape index (κ3) is 5.86. The lowest BCUT2D eigenvalue weighted by molar-refractivity contribution is -0.151. The van der Waals surface area contributed by atoms with Gasteiger partial charge in [0.15, 0.2) is 0 Å². The summed E-state index contributed by atoms with van der Waals surface area (Å²) >= 11 is 0. The summed E-state index contributed by atoms with van der Waals surface area (Å²) < 4.78 is 5.20. The van der Waals surface area contributed by atoms with E-state index in [0.717, 1.165) is 19.5 Å². The first-order valence-electron chi connectivity index (χ1n) is 7.66. The van der Waals surface area contributed by atoms with Crippen LogP contribution in [0.15, 0.2) is 30.3 Å². The molecule has 1 aromatic rings. The number of carbonyl (C=O) groups is 1. The number of benzene rings is 1. The number of carbonyl (C=O) groups excluding carboxylic acids is 1. The lowest BCUT2D eigenvalue weighted by Crippen LogP contribution is -2.57. The predicted molar refractivity (Wildman–Crippen MR) is 86.4 cm³/mol. The van der Waals surface area contributed by atoms with Crippen LogP contribution in [-0.2, 0) is 16.0 Å². The monoisotopic (exact) mass is 292 g/mol.